The molecule has 2 aromatic rings. The standard InChI is InChI=1S/C16H13N3O3/c20-11-18-16(13-4-2-1-3-5-13)10-15(17-18)12-6-8-14(9-7-12)19(21)22/h1-9,11,16H,10H2/t16-/m0/s1. The molecule has 22 heavy (non-hydrogen) atoms. The Balaban J connectivity index is 1.86. The molecule has 0 N–H and O–H groups in total. The molecule has 110 valence electrons. The highest BCUT2D eigenvalue weighted by Crippen LogP contribution is 2.31. The van der Waals surface area contributed by atoms with E-state index in [0.29, 0.717) is 12.8 Å². The van der Waals surface area contributed by atoms with E-state index in [4.69, 9.17) is 0 Å². The summed E-state index contributed by atoms with van der Waals surface area (Å²) in [6.45, 7) is 0. The molecule has 0 aliphatic carbocycles. The van der Waals surface area contributed by atoms with Crippen LogP contribution in [0.25, 0.3) is 0 Å². The number of amides is 1. The molecular weight excluding hydrogens is 282 g/mol. The van der Waals surface area contributed by atoms with E-state index in [1.54, 1.807) is 12.1 Å². The Bertz CT molecular complexity index is 726. The Morgan fingerprint density at radius 2 is 1.82 bits per heavy atom. The van der Waals surface area contributed by atoms with Gasteiger partial charge in [0, 0.05) is 18.6 Å². The third-order valence-electron chi connectivity index (χ3n) is 3.65. The van der Waals surface area contributed by atoms with Crippen molar-refractivity contribution in [2.24, 2.45) is 5.10 Å². The number of carbonyl (C=O) groups excluding carboxylic acids is 1. The van der Waals surface area contributed by atoms with Gasteiger partial charge in [-0.15, -0.1) is 0 Å². The first-order chi connectivity index (χ1) is 10.7. The lowest BCUT2D eigenvalue weighted by Crippen LogP contribution is -2.17. The van der Waals surface area contributed by atoms with E-state index in [-0.39, 0.29) is 11.7 Å². The maximum Gasteiger partial charge on any atom is 0.269 e. The Hall–Kier alpha value is -3.02. The van der Waals surface area contributed by atoms with Crippen LogP contribution < -0.4 is 0 Å². The Morgan fingerprint density at radius 3 is 2.41 bits per heavy atom. The quantitative estimate of drug-likeness (QED) is 0.494. The van der Waals surface area contributed by atoms with Crippen molar-refractivity contribution in [2.45, 2.75) is 12.5 Å². The number of hydrazone groups is 1. The maximum atomic E-state index is 11.2. The van der Waals surface area contributed by atoms with Gasteiger partial charge in [0.1, 0.15) is 0 Å². The highest BCUT2D eigenvalue weighted by molar-refractivity contribution is 6.02. The fourth-order valence-electron chi connectivity index (χ4n) is 2.52. The number of carbonyl (C=O) groups is 1. The molecule has 1 heterocycles. The summed E-state index contributed by atoms with van der Waals surface area (Å²) in [4.78, 5) is 21.5. The van der Waals surface area contributed by atoms with Gasteiger partial charge in [0.15, 0.2) is 0 Å². The zero-order chi connectivity index (χ0) is 15.5. The molecule has 1 atom stereocenters. The average molecular weight is 295 g/mol. The van der Waals surface area contributed by atoms with Crippen LogP contribution in [-0.4, -0.2) is 22.1 Å². The van der Waals surface area contributed by atoms with Crippen molar-refractivity contribution in [1.82, 2.24) is 5.01 Å². The molecule has 0 saturated carbocycles. The van der Waals surface area contributed by atoms with E-state index in [9.17, 15) is 14.9 Å². The van der Waals surface area contributed by atoms with Crippen molar-refractivity contribution >= 4 is 17.8 Å². The molecule has 2 aromatic carbocycles. The Morgan fingerprint density at radius 1 is 1.14 bits per heavy atom. The molecule has 0 radical (unpaired) electrons. The Kier molecular flexibility index (Phi) is 3.65. The van der Waals surface area contributed by atoms with Gasteiger partial charge in [-0.05, 0) is 23.3 Å². The van der Waals surface area contributed by atoms with E-state index in [1.807, 2.05) is 30.3 Å². The SMILES string of the molecule is O=CN1N=C(c2ccc([N+](=O)[O-])cc2)C[C@H]1c1ccccc1. The lowest BCUT2D eigenvalue weighted by molar-refractivity contribution is -0.384. The molecule has 0 fully saturated rings. The summed E-state index contributed by atoms with van der Waals surface area (Å²) in [6.07, 6.45) is 1.29. The molecule has 1 amide bonds. The predicted molar refractivity (Wildman–Crippen MR) is 81.3 cm³/mol. The molecule has 6 heteroatoms. The van der Waals surface area contributed by atoms with Gasteiger partial charge in [0.05, 0.1) is 16.7 Å². The maximum absolute atomic E-state index is 11.2. The molecular formula is C16H13N3O3. The van der Waals surface area contributed by atoms with Crippen LogP contribution in [-0.2, 0) is 4.79 Å². The van der Waals surface area contributed by atoms with Gasteiger partial charge in [-0.2, -0.15) is 5.10 Å². The molecule has 0 bridgehead atoms. The van der Waals surface area contributed by atoms with E-state index >= 15 is 0 Å². The van der Waals surface area contributed by atoms with E-state index < -0.39 is 4.92 Å². The van der Waals surface area contributed by atoms with Gasteiger partial charge >= 0.3 is 0 Å². The van der Waals surface area contributed by atoms with Crippen molar-refractivity contribution in [1.29, 1.82) is 0 Å². The minimum atomic E-state index is -0.440. The molecule has 0 spiro atoms. The van der Waals surface area contributed by atoms with Crippen LogP contribution in [0.5, 0.6) is 0 Å². The second-order valence-corrected chi connectivity index (χ2v) is 4.97. The number of nitro benzene ring substituents is 1. The Labute approximate surface area is 126 Å². The number of nitro groups is 1. The van der Waals surface area contributed by atoms with Gasteiger partial charge in [-0.3, -0.25) is 14.9 Å². The van der Waals surface area contributed by atoms with Crippen LogP contribution in [0.15, 0.2) is 59.7 Å². The first kappa shape index (κ1) is 13.9. The summed E-state index contributed by atoms with van der Waals surface area (Å²) in [5.41, 5.74) is 2.58. The first-order valence-corrected chi connectivity index (χ1v) is 6.80. The van der Waals surface area contributed by atoms with E-state index in [2.05, 4.69) is 5.10 Å². The fraction of sp³-hybridized carbons (Fsp3) is 0.125. The molecule has 3 rings (SSSR count). The van der Waals surface area contributed by atoms with Gasteiger partial charge in [0.25, 0.3) is 5.69 Å². The molecule has 1 aliphatic heterocycles. The van der Waals surface area contributed by atoms with Gasteiger partial charge in [0.2, 0.25) is 6.41 Å². The van der Waals surface area contributed by atoms with Gasteiger partial charge in [-0.1, -0.05) is 30.3 Å². The summed E-state index contributed by atoms with van der Waals surface area (Å²) >= 11 is 0. The summed E-state index contributed by atoms with van der Waals surface area (Å²) in [7, 11) is 0. The summed E-state index contributed by atoms with van der Waals surface area (Å²) < 4.78 is 0. The topological polar surface area (TPSA) is 75.8 Å². The van der Waals surface area contributed by atoms with Crippen molar-refractivity contribution < 1.29 is 9.72 Å². The average Bonchev–Trinajstić information content (AvgIpc) is 3.00. The zero-order valence-corrected chi connectivity index (χ0v) is 11.6. The van der Waals surface area contributed by atoms with Gasteiger partial charge in [-0.25, -0.2) is 5.01 Å². The lowest BCUT2D eigenvalue weighted by Gasteiger charge is -2.16. The summed E-state index contributed by atoms with van der Waals surface area (Å²) in [5.74, 6) is 0. The number of rotatable bonds is 4. The molecule has 1 aliphatic rings. The number of hydrogen-bond donors (Lipinski definition) is 0. The van der Waals surface area contributed by atoms with Crippen LogP contribution in [0, 0.1) is 10.1 Å². The first-order valence-electron chi connectivity index (χ1n) is 6.80. The molecule has 0 aromatic heterocycles. The molecule has 0 unspecified atom stereocenters. The van der Waals surface area contributed by atoms with Crippen LogP contribution >= 0.6 is 0 Å². The van der Waals surface area contributed by atoms with Gasteiger partial charge < -0.3 is 0 Å². The number of hydrogen-bond acceptors (Lipinski definition) is 4. The lowest BCUT2D eigenvalue weighted by atomic mass is 9.98. The second kappa shape index (κ2) is 5.77. The molecule has 0 saturated heterocycles. The minimum absolute atomic E-state index is 0.0363. The highest BCUT2D eigenvalue weighted by atomic mass is 16.6. The van der Waals surface area contributed by atoms with Crippen LogP contribution in [0.1, 0.15) is 23.6 Å². The normalized spacial score (nSPS) is 17.2. The second-order valence-electron chi connectivity index (χ2n) is 4.97. The summed E-state index contributed by atoms with van der Waals surface area (Å²) in [5, 5.41) is 16.4. The monoisotopic (exact) mass is 295 g/mol. The number of benzene rings is 2. The van der Waals surface area contributed by atoms with Crippen molar-refractivity contribution in [2.75, 3.05) is 0 Å². The number of nitrogens with zero attached hydrogens (tertiary/aromatic N) is 3. The largest absolute Gasteiger partial charge is 0.277 e. The third-order valence-corrected chi connectivity index (χ3v) is 3.65. The fourth-order valence-corrected chi connectivity index (χ4v) is 2.52. The summed E-state index contributed by atoms with van der Waals surface area (Å²) in [6, 6.07) is 15.7. The predicted octanol–water partition coefficient (Wildman–Crippen LogP) is 2.90. The smallest absolute Gasteiger partial charge is 0.269 e. The molecule has 6 nitrogen and oxygen atoms in total. The van der Waals surface area contributed by atoms with E-state index in [0.717, 1.165) is 16.8 Å². The van der Waals surface area contributed by atoms with Crippen molar-refractivity contribution in [3.8, 4) is 0 Å². The highest BCUT2D eigenvalue weighted by Gasteiger charge is 2.28. The van der Waals surface area contributed by atoms with Crippen LogP contribution in [0.3, 0.4) is 0 Å². The van der Waals surface area contributed by atoms with Crippen molar-refractivity contribution in [3.05, 3.63) is 75.8 Å². The zero-order valence-electron chi connectivity index (χ0n) is 11.6. The van der Waals surface area contributed by atoms with Crippen molar-refractivity contribution in [3.63, 3.8) is 0 Å². The number of non-ortho nitro benzene ring substituents is 1. The third kappa shape index (κ3) is 2.58. The van der Waals surface area contributed by atoms with E-state index in [1.165, 1.54) is 17.1 Å². The van der Waals surface area contributed by atoms with Crippen LogP contribution in [0.2, 0.25) is 0 Å². The van der Waals surface area contributed by atoms with Crippen LogP contribution in [0.4, 0.5) is 5.69 Å². The minimum Gasteiger partial charge on any atom is -0.277 e.